The zero-order chi connectivity index (χ0) is 10.5. The first-order valence-corrected chi connectivity index (χ1v) is 4.31. The van der Waals surface area contributed by atoms with Crippen LogP contribution in [0, 0.1) is 0 Å². The molecule has 0 aliphatic heterocycles. The minimum Gasteiger partial charge on any atom is -0.166 e. The molecule has 0 fully saturated rings. The van der Waals surface area contributed by atoms with Crippen LogP contribution in [0.2, 0.25) is 0 Å². The summed E-state index contributed by atoms with van der Waals surface area (Å²) in [5, 5.41) is 0. The number of alkyl halides is 3. The zero-order valence-electron chi connectivity index (χ0n) is 7.39. The topological polar surface area (TPSA) is 0 Å². The van der Waals surface area contributed by atoms with E-state index in [4.69, 9.17) is 0 Å². The van der Waals surface area contributed by atoms with Gasteiger partial charge < -0.3 is 0 Å². The van der Waals surface area contributed by atoms with Crippen molar-refractivity contribution in [3.8, 4) is 0 Å². The van der Waals surface area contributed by atoms with Crippen molar-refractivity contribution in [3.63, 3.8) is 0 Å². The molecule has 0 aliphatic rings. The quantitative estimate of drug-likeness (QED) is 0.611. The largest absolute Gasteiger partial charge is 0.416 e. The number of hydrogen-bond donors (Lipinski definition) is 1. The fraction of sp³-hybridized carbons (Fsp3) is 0.333. The molecule has 13 heavy (non-hydrogen) atoms. The van der Waals surface area contributed by atoms with E-state index in [1.807, 2.05) is 13.8 Å². The van der Waals surface area contributed by atoms with Crippen LogP contribution in [-0.2, 0) is 6.18 Å². The Labute approximate surface area is 81.2 Å². The van der Waals surface area contributed by atoms with Gasteiger partial charge in [-0.25, -0.2) is 0 Å². The average molecular weight is 208 g/mol. The lowest BCUT2D eigenvalue weighted by Crippen LogP contribution is -2.03. The molecule has 0 atom stereocenters. The van der Waals surface area contributed by atoms with Crippen molar-refractivity contribution in [1.82, 2.24) is 0 Å². The molecule has 0 heterocycles. The maximum Gasteiger partial charge on any atom is 0.416 e. The van der Waals surface area contributed by atoms with E-state index in [0.717, 1.165) is 12.1 Å². The average Bonchev–Trinajstić information content (AvgIpc) is 2.06. The van der Waals surface area contributed by atoms with Gasteiger partial charge in [-0.3, -0.25) is 0 Å². The second-order valence-electron chi connectivity index (χ2n) is 2.05. The monoisotopic (exact) mass is 208 g/mol. The fourth-order valence-electron chi connectivity index (χ4n) is 0.682. The van der Waals surface area contributed by atoms with Crippen LogP contribution in [0.4, 0.5) is 13.2 Å². The molecular formula is C9H11F3S. The molecule has 1 aromatic carbocycles. The first-order chi connectivity index (χ1) is 6.00. The highest BCUT2D eigenvalue weighted by molar-refractivity contribution is 7.80. The van der Waals surface area contributed by atoms with Crippen molar-refractivity contribution < 1.29 is 13.2 Å². The Morgan fingerprint density at radius 1 is 1.15 bits per heavy atom. The molecule has 0 saturated carbocycles. The molecule has 1 rings (SSSR count). The van der Waals surface area contributed by atoms with Gasteiger partial charge in [0.05, 0.1) is 5.56 Å². The van der Waals surface area contributed by atoms with Crippen LogP contribution >= 0.6 is 12.6 Å². The van der Waals surface area contributed by atoms with Gasteiger partial charge in [0.1, 0.15) is 0 Å². The van der Waals surface area contributed by atoms with E-state index in [9.17, 15) is 13.2 Å². The highest BCUT2D eigenvalue weighted by Crippen LogP contribution is 2.29. The molecule has 0 aliphatic carbocycles. The number of halogens is 3. The standard InChI is InChI=1S/C7H5F3S.C2H6/c8-7(9,10)5-2-1-3-6(11)4-5;1-2/h1-4,11H;1-2H3. The Hall–Kier alpha value is -0.640. The Morgan fingerprint density at radius 2 is 1.69 bits per heavy atom. The SMILES string of the molecule is CC.FC(F)(F)c1cccc(S)c1. The Morgan fingerprint density at radius 3 is 2.00 bits per heavy atom. The first kappa shape index (κ1) is 12.4. The number of thiol groups is 1. The van der Waals surface area contributed by atoms with E-state index in [2.05, 4.69) is 12.6 Å². The number of hydrogen-bond acceptors (Lipinski definition) is 1. The highest BCUT2D eigenvalue weighted by Gasteiger charge is 2.29. The molecule has 0 amide bonds. The summed E-state index contributed by atoms with van der Waals surface area (Å²) in [6.07, 6.45) is -4.27. The van der Waals surface area contributed by atoms with Crippen LogP contribution in [0.3, 0.4) is 0 Å². The van der Waals surface area contributed by atoms with E-state index in [0.29, 0.717) is 4.90 Å². The minimum atomic E-state index is -4.27. The predicted octanol–water partition coefficient (Wildman–Crippen LogP) is 4.02. The molecule has 0 unspecified atom stereocenters. The van der Waals surface area contributed by atoms with E-state index < -0.39 is 11.7 Å². The lowest BCUT2D eigenvalue weighted by molar-refractivity contribution is -0.137. The van der Waals surface area contributed by atoms with Gasteiger partial charge in [-0.15, -0.1) is 12.6 Å². The highest BCUT2D eigenvalue weighted by atomic mass is 32.1. The second-order valence-corrected chi connectivity index (χ2v) is 2.56. The molecule has 74 valence electrons. The summed E-state index contributed by atoms with van der Waals surface area (Å²) in [7, 11) is 0. The van der Waals surface area contributed by atoms with Gasteiger partial charge in [0.25, 0.3) is 0 Å². The van der Waals surface area contributed by atoms with Gasteiger partial charge in [0, 0.05) is 4.90 Å². The van der Waals surface area contributed by atoms with Gasteiger partial charge in [-0.2, -0.15) is 13.2 Å². The van der Waals surface area contributed by atoms with Crippen molar-refractivity contribution in [3.05, 3.63) is 29.8 Å². The van der Waals surface area contributed by atoms with Gasteiger partial charge in [-0.05, 0) is 18.2 Å². The molecule has 1 aromatic rings. The van der Waals surface area contributed by atoms with Crippen LogP contribution in [0.15, 0.2) is 29.2 Å². The number of rotatable bonds is 0. The molecule has 0 N–H and O–H groups in total. The third kappa shape index (κ3) is 4.22. The van der Waals surface area contributed by atoms with E-state index >= 15 is 0 Å². The van der Waals surface area contributed by atoms with Crippen molar-refractivity contribution >= 4 is 12.6 Å². The van der Waals surface area contributed by atoms with Crippen LogP contribution < -0.4 is 0 Å². The first-order valence-electron chi connectivity index (χ1n) is 3.86. The molecular weight excluding hydrogens is 197 g/mol. The maximum absolute atomic E-state index is 11.9. The maximum atomic E-state index is 11.9. The summed E-state index contributed by atoms with van der Waals surface area (Å²) in [6.45, 7) is 4.00. The summed E-state index contributed by atoms with van der Waals surface area (Å²) in [5.74, 6) is 0. The fourth-order valence-corrected chi connectivity index (χ4v) is 0.907. The zero-order valence-corrected chi connectivity index (χ0v) is 8.28. The van der Waals surface area contributed by atoms with Crippen LogP contribution in [-0.4, -0.2) is 0 Å². The van der Waals surface area contributed by atoms with Gasteiger partial charge in [-0.1, -0.05) is 19.9 Å². The van der Waals surface area contributed by atoms with Crippen molar-refractivity contribution in [2.24, 2.45) is 0 Å². The Balaban J connectivity index is 0.000000671. The second kappa shape index (κ2) is 5.17. The number of benzene rings is 1. The summed E-state index contributed by atoms with van der Waals surface area (Å²) >= 11 is 3.79. The van der Waals surface area contributed by atoms with E-state index in [1.165, 1.54) is 12.1 Å². The van der Waals surface area contributed by atoms with Crippen molar-refractivity contribution in [1.29, 1.82) is 0 Å². The summed E-state index contributed by atoms with van der Waals surface area (Å²) in [4.78, 5) is 0.319. The lowest BCUT2D eigenvalue weighted by Gasteiger charge is -2.05. The molecule has 0 spiro atoms. The molecule has 4 heteroatoms. The van der Waals surface area contributed by atoms with Crippen LogP contribution in [0.25, 0.3) is 0 Å². The molecule has 0 saturated heterocycles. The third-order valence-electron chi connectivity index (χ3n) is 1.17. The molecule has 0 bridgehead atoms. The minimum absolute atomic E-state index is 0.319. The van der Waals surface area contributed by atoms with Gasteiger partial charge >= 0.3 is 6.18 Å². The summed E-state index contributed by atoms with van der Waals surface area (Å²) < 4.78 is 35.8. The van der Waals surface area contributed by atoms with E-state index in [1.54, 1.807) is 0 Å². The predicted molar refractivity (Wildman–Crippen MR) is 50.0 cm³/mol. The smallest absolute Gasteiger partial charge is 0.166 e. The van der Waals surface area contributed by atoms with Crippen molar-refractivity contribution in [2.75, 3.05) is 0 Å². The summed E-state index contributed by atoms with van der Waals surface area (Å²) in [6, 6.07) is 4.83. The van der Waals surface area contributed by atoms with Crippen LogP contribution in [0.5, 0.6) is 0 Å². The molecule has 0 nitrogen and oxygen atoms in total. The van der Waals surface area contributed by atoms with Gasteiger partial charge in [0.15, 0.2) is 0 Å². The lowest BCUT2D eigenvalue weighted by atomic mass is 10.2. The van der Waals surface area contributed by atoms with Crippen molar-refractivity contribution in [2.45, 2.75) is 24.9 Å². The third-order valence-corrected chi connectivity index (χ3v) is 1.45. The Kier molecular flexibility index (Phi) is 4.91. The van der Waals surface area contributed by atoms with Gasteiger partial charge in [0.2, 0.25) is 0 Å². The van der Waals surface area contributed by atoms with Crippen LogP contribution in [0.1, 0.15) is 19.4 Å². The normalized spacial score (nSPS) is 10.3. The van der Waals surface area contributed by atoms with E-state index in [-0.39, 0.29) is 0 Å². The Bertz CT molecular complexity index is 255. The molecule has 0 radical (unpaired) electrons. The summed E-state index contributed by atoms with van der Waals surface area (Å²) in [5.41, 5.74) is -0.662. The molecule has 0 aromatic heterocycles.